The summed E-state index contributed by atoms with van der Waals surface area (Å²) in [6.45, 7) is 5.63. The molecule has 22 heavy (non-hydrogen) atoms. The van der Waals surface area contributed by atoms with Gasteiger partial charge in [0.25, 0.3) is 5.91 Å². The molecule has 0 radical (unpaired) electrons. The quantitative estimate of drug-likeness (QED) is 0.903. The number of nitrogens with one attached hydrogen (secondary N) is 2. The molecule has 1 aliphatic heterocycles. The number of anilines is 2. The summed E-state index contributed by atoms with van der Waals surface area (Å²) in [4.78, 5) is 28.3. The molecule has 7 nitrogen and oxygen atoms in total. The topological polar surface area (TPSA) is 88.9 Å². The van der Waals surface area contributed by atoms with Gasteiger partial charge in [0.1, 0.15) is 11.9 Å². The molecule has 0 spiro atoms. The first kappa shape index (κ1) is 14.2. The Morgan fingerprint density at radius 2 is 2.14 bits per heavy atom. The van der Waals surface area contributed by atoms with Crippen molar-refractivity contribution in [2.45, 2.75) is 33.2 Å². The van der Waals surface area contributed by atoms with Gasteiger partial charge in [0.2, 0.25) is 11.9 Å². The summed E-state index contributed by atoms with van der Waals surface area (Å²) in [5.74, 6) is 0.475. The molecule has 114 valence electrons. The highest BCUT2D eigenvalue weighted by Gasteiger charge is 2.34. The molecular weight excluding hydrogens is 282 g/mol. The van der Waals surface area contributed by atoms with Crippen LogP contribution >= 0.6 is 0 Å². The van der Waals surface area contributed by atoms with Gasteiger partial charge in [-0.15, -0.1) is 0 Å². The van der Waals surface area contributed by atoms with E-state index >= 15 is 0 Å². The molecule has 0 saturated heterocycles. The maximum absolute atomic E-state index is 12.2. The van der Waals surface area contributed by atoms with Gasteiger partial charge in [-0.3, -0.25) is 14.9 Å². The van der Waals surface area contributed by atoms with Gasteiger partial charge >= 0.3 is 0 Å². The predicted octanol–water partition coefficient (Wildman–Crippen LogP) is 1.73. The van der Waals surface area contributed by atoms with Gasteiger partial charge in [0.05, 0.1) is 6.42 Å². The van der Waals surface area contributed by atoms with Crippen molar-refractivity contribution in [3.63, 3.8) is 0 Å². The maximum Gasteiger partial charge on any atom is 0.252 e. The Kier molecular flexibility index (Phi) is 3.40. The third-order valence-corrected chi connectivity index (χ3v) is 3.62. The molecule has 0 aliphatic carbocycles. The summed E-state index contributed by atoms with van der Waals surface area (Å²) in [5, 5.41) is 9.64. The summed E-state index contributed by atoms with van der Waals surface area (Å²) < 4.78 is 1.47. The van der Waals surface area contributed by atoms with Gasteiger partial charge in [-0.05, 0) is 38.0 Å². The Hall–Kier alpha value is -2.70. The molecule has 2 heterocycles. The molecule has 0 saturated carbocycles. The van der Waals surface area contributed by atoms with E-state index in [0.717, 1.165) is 16.8 Å². The molecule has 2 N–H and O–H groups in total. The van der Waals surface area contributed by atoms with E-state index in [9.17, 15) is 9.59 Å². The minimum absolute atomic E-state index is 0.0228. The average Bonchev–Trinajstić information content (AvgIpc) is 2.92. The lowest BCUT2D eigenvalue weighted by molar-refractivity contribution is -0.123. The maximum atomic E-state index is 12.2. The van der Waals surface area contributed by atoms with E-state index in [-0.39, 0.29) is 18.2 Å². The minimum atomic E-state index is -0.652. The van der Waals surface area contributed by atoms with Crippen molar-refractivity contribution in [3.8, 4) is 0 Å². The van der Waals surface area contributed by atoms with Crippen molar-refractivity contribution in [1.29, 1.82) is 0 Å². The number of carbonyl (C=O) groups excluding carboxylic acids is 2. The zero-order valence-corrected chi connectivity index (χ0v) is 12.7. The van der Waals surface area contributed by atoms with Crippen LogP contribution in [0, 0.1) is 20.8 Å². The van der Waals surface area contributed by atoms with Crippen LogP contribution in [-0.2, 0) is 9.59 Å². The molecule has 1 aromatic heterocycles. The second kappa shape index (κ2) is 5.25. The molecule has 0 bridgehead atoms. The Balaban J connectivity index is 1.74. The van der Waals surface area contributed by atoms with Gasteiger partial charge in [-0.1, -0.05) is 12.1 Å². The van der Waals surface area contributed by atoms with Crippen molar-refractivity contribution in [2.75, 3.05) is 10.6 Å². The van der Waals surface area contributed by atoms with Crippen LogP contribution in [0.25, 0.3) is 0 Å². The fourth-order valence-electron chi connectivity index (χ4n) is 2.46. The van der Waals surface area contributed by atoms with Gasteiger partial charge in [0, 0.05) is 5.69 Å². The van der Waals surface area contributed by atoms with E-state index in [1.807, 2.05) is 32.0 Å². The molecule has 0 fully saturated rings. The number of nitrogens with zero attached hydrogens (tertiary/aromatic N) is 3. The van der Waals surface area contributed by atoms with E-state index in [1.54, 1.807) is 6.92 Å². The summed E-state index contributed by atoms with van der Waals surface area (Å²) in [7, 11) is 0. The Morgan fingerprint density at radius 3 is 2.91 bits per heavy atom. The van der Waals surface area contributed by atoms with Crippen LogP contribution in [0.3, 0.4) is 0 Å². The number of rotatable bonds is 3. The Labute approximate surface area is 127 Å². The first-order valence-electron chi connectivity index (χ1n) is 7.05. The van der Waals surface area contributed by atoms with Crippen LogP contribution in [0.15, 0.2) is 18.2 Å². The van der Waals surface area contributed by atoms with Gasteiger partial charge in [0.15, 0.2) is 0 Å². The van der Waals surface area contributed by atoms with Crippen molar-refractivity contribution < 1.29 is 9.59 Å². The van der Waals surface area contributed by atoms with Gasteiger partial charge in [-0.25, -0.2) is 4.68 Å². The fraction of sp³-hybridized carbons (Fsp3) is 0.333. The SMILES string of the molecule is Cc1ccc(C)c(NC(=O)C[C@@H]2C(=O)Nc3nc(C)nn32)c1. The largest absolute Gasteiger partial charge is 0.326 e. The minimum Gasteiger partial charge on any atom is -0.326 e. The second-order valence-electron chi connectivity index (χ2n) is 5.50. The lowest BCUT2D eigenvalue weighted by Gasteiger charge is -2.12. The summed E-state index contributed by atoms with van der Waals surface area (Å²) in [6.07, 6.45) is 0.0228. The Bertz CT molecular complexity index is 765. The molecule has 2 amide bonds. The van der Waals surface area contributed by atoms with Crippen molar-refractivity contribution >= 4 is 23.5 Å². The number of aromatic nitrogens is 3. The van der Waals surface area contributed by atoms with Crippen LogP contribution < -0.4 is 10.6 Å². The number of amides is 2. The van der Waals surface area contributed by atoms with Crippen LogP contribution in [0.4, 0.5) is 11.6 Å². The number of hydrogen-bond donors (Lipinski definition) is 2. The molecule has 2 aromatic rings. The fourth-order valence-corrected chi connectivity index (χ4v) is 2.46. The number of benzene rings is 1. The lowest BCUT2D eigenvalue weighted by Crippen LogP contribution is -2.24. The summed E-state index contributed by atoms with van der Waals surface area (Å²) in [5.41, 5.74) is 2.80. The molecule has 1 atom stereocenters. The highest BCUT2D eigenvalue weighted by Crippen LogP contribution is 2.25. The van der Waals surface area contributed by atoms with Gasteiger partial charge < -0.3 is 5.32 Å². The number of hydrogen-bond acceptors (Lipinski definition) is 4. The Morgan fingerprint density at radius 1 is 1.36 bits per heavy atom. The number of aryl methyl sites for hydroxylation is 3. The third-order valence-electron chi connectivity index (χ3n) is 3.62. The molecular formula is C15H17N5O2. The smallest absolute Gasteiger partial charge is 0.252 e. The zero-order valence-electron chi connectivity index (χ0n) is 12.7. The molecule has 1 aromatic carbocycles. The predicted molar refractivity (Wildman–Crippen MR) is 81.6 cm³/mol. The van der Waals surface area contributed by atoms with Crippen molar-refractivity contribution in [1.82, 2.24) is 14.8 Å². The van der Waals surface area contributed by atoms with E-state index in [1.165, 1.54) is 4.68 Å². The third kappa shape index (κ3) is 2.57. The molecule has 0 unspecified atom stereocenters. The number of carbonyl (C=O) groups is 2. The highest BCUT2D eigenvalue weighted by atomic mass is 16.2. The molecule has 3 rings (SSSR count). The summed E-state index contributed by atoms with van der Waals surface area (Å²) >= 11 is 0. The lowest BCUT2D eigenvalue weighted by atomic mass is 10.1. The zero-order chi connectivity index (χ0) is 15.9. The van der Waals surface area contributed by atoms with E-state index in [4.69, 9.17) is 0 Å². The van der Waals surface area contributed by atoms with E-state index in [2.05, 4.69) is 20.7 Å². The monoisotopic (exact) mass is 299 g/mol. The van der Waals surface area contributed by atoms with Crippen LogP contribution in [-0.4, -0.2) is 26.6 Å². The highest BCUT2D eigenvalue weighted by molar-refractivity contribution is 6.01. The first-order valence-corrected chi connectivity index (χ1v) is 7.05. The van der Waals surface area contributed by atoms with Crippen LogP contribution in [0.2, 0.25) is 0 Å². The van der Waals surface area contributed by atoms with Crippen molar-refractivity contribution in [2.24, 2.45) is 0 Å². The second-order valence-corrected chi connectivity index (χ2v) is 5.50. The average molecular weight is 299 g/mol. The first-order chi connectivity index (χ1) is 10.4. The van der Waals surface area contributed by atoms with Crippen molar-refractivity contribution in [3.05, 3.63) is 35.2 Å². The molecule has 1 aliphatic rings. The normalized spacial score (nSPS) is 16.3. The van der Waals surface area contributed by atoms with Gasteiger partial charge in [-0.2, -0.15) is 10.1 Å². The van der Waals surface area contributed by atoms with Crippen LogP contribution in [0.5, 0.6) is 0 Å². The number of fused-ring (bicyclic) bond motifs is 1. The summed E-state index contributed by atoms with van der Waals surface area (Å²) in [6, 6.07) is 5.19. The standard InChI is InChI=1S/C15H17N5O2/c1-8-4-5-9(2)11(6-8)17-13(21)7-12-14(22)18-15-16-10(3)19-20(12)15/h4-6,12H,7H2,1-3H3,(H,17,21)(H,16,18,19,22)/t12-/m1/s1. The molecule has 7 heteroatoms. The van der Waals surface area contributed by atoms with Crippen LogP contribution in [0.1, 0.15) is 29.4 Å². The van der Waals surface area contributed by atoms with E-state index in [0.29, 0.717) is 11.8 Å². The van der Waals surface area contributed by atoms with E-state index < -0.39 is 6.04 Å².